The van der Waals surface area contributed by atoms with Gasteiger partial charge < -0.3 is 10.1 Å². The molecule has 5 heteroatoms. The highest BCUT2D eigenvalue weighted by Gasteiger charge is 2.05. The Morgan fingerprint density at radius 3 is 2.52 bits per heavy atom. The topological polar surface area (TPSA) is 50.4 Å². The number of hydrogen-bond acceptors (Lipinski definition) is 3. The van der Waals surface area contributed by atoms with Crippen LogP contribution in [-0.2, 0) is 4.79 Å². The molecule has 0 aliphatic heterocycles. The third-order valence-corrected chi connectivity index (χ3v) is 3.30. The molecule has 0 aliphatic carbocycles. The van der Waals surface area contributed by atoms with E-state index >= 15 is 0 Å². The van der Waals surface area contributed by atoms with Crippen molar-refractivity contribution in [2.45, 2.75) is 6.92 Å². The van der Waals surface area contributed by atoms with Crippen molar-refractivity contribution in [1.29, 1.82) is 0 Å². The normalized spacial score (nSPS) is 10.3. The van der Waals surface area contributed by atoms with Crippen LogP contribution in [0.2, 0.25) is 0 Å². The number of anilines is 1. The Hall–Kier alpha value is -2.66. The van der Waals surface area contributed by atoms with Gasteiger partial charge in [-0.1, -0.05) is 42.0 Å². The van der Waals surface area contributed by atoms with E-state index in [-0.39, 0.29) is 11.0 Å². The summed E-state index contributed by atoms with van der Waals surface area (Å²) in [7, 11) is 1.58. The fourth-order valence-corrected chi connectivity index (χ4v) is 2.12. The van der Waals surface area contributed by atoms with E-state index < -0.39 is 0 Å². The molecule has 0 saturated carbocycles. The van der Waals surface area contributed by atoms with Crippen LogP contribution in [0.5, 0.6) is 5.75 Å². The molecule has 0 aromatic heterocycles. The first kappa shape index (κ1) is 16.7. The first-order valence-electron chi connectivity index (χ1n) is 7.08. The van der Waals surface area contributed by atoms with Crippen LogP contribution in [0, 0.1) is 6.92 Å². The van der Waals surface area contributed by atoms with E-state index in [4.69, 9.17) is 17.0 Å². The van der Waals surface area contributed by atoms with Crippen molar-refractivity contribution in [2.75, 3.05) is 12.4 Å². The highest BCUT2D eigenvalue weighted by Crippen LogP contribution is 2.22. The Morgan fingerprint density at radius 1 is 1.13 bits per heavy atom. The minimum absolute atomic E-state index is 0.216. The van der Waals surface area contributed by atoms with Crippen molar-refractivity contribution in [2.24, 2.45) is 0 Å². The number of carbonyl (C=O) groups is 1. The maximum Gasteiger partial charge on any atom is 0.250 e. The van der Waals surface area contributed by atoms with Gasteiger partial charge in [0.2, 0.25) is 5.91 Å². The second kappa shape index (κ2) is 8.10. The van der Waals surface area contributed by atoms with Crippen molar-refractivity contribution in [3.63, 3.8) is 0 Å². The zero-order chi connectivity index (χ0) is 16.7. The minimum atomic E-state index is -0.294. The van der Waals surface area contributed by atoms with Crippen LogP contribution >= 0.6 is 12.2 Å². The van der Waals surface area contributed by atoms with Gasteiger partial charge in [0.15, 0.2) is 5.11 Å². The number of para-hydroxylation sites is 2. The molecule has 2 N–H and O–H groups in total. The Morgan fingerprint density at radius 2 is 1.83 bits per heavy atom. The van der Waals surface area contributed by atoms with E-state index in [1.165, 1.54) is 11.6 Å². The predicted octanol–water partition coefficient (Wildman–Crippen LogP) is 3.53. The monoisotopic (exact) mass is 326 g/mol. The zero-order valence-corrected chi connectivity index (χ0v) is 13.8. The lowest BCUT2D eigenvalue weighted by atomic mass is 10.1. The average molecular weight is 326 g/mol. The third kappa shape index (κ3) is 5.23. The van der Waals surface area contributed by atoms with Crippen molar-refractivity contribution in [3.05, 3.63) is 65.7 Å². The number of carbonyl (C=O) groups excluding carboxylic acids is 1. The van der Waals surface area contributed by atoms with Crippen molar-refractivity contribution in [3.8, 4) is 5.75 Å². The van der Waals surface area contributed by atoms with Gasteiger partial charge in [-0.2, -0.15) is 0 Å². The largest absolute Gasteiger partial charge is 0.495 e. The van der Waals surface area contributed by atoms with Crippen LogP contribution in [0.15, 0.2) is 54.6 Å². The van der Waals surface area contributed by atoms with E-state index in [1.54, 1.807) is 13.2 Å². The van der Waals surface area contributed by atoms with Crippen molar-refractivity contribution in [1.82, 2.24) is 5.32 Å². The van der Waals surface area contributed by atoms with Gasteiger partial charge in [-0.15, -0.1) is 0 Å². The molecule has 0 unspecified atom stereocenters. The number of benzene rings is 2. The van der Waals surface area contributed by atoms with E-state index in [1.807, 2.05) is 55.5 Å². The van der Waals surface area contributed by atoms with E-state index in [9.17, 15) is 4.79 Å². The fraction of sp³-hybridized carbons (Fsp3) is 0.111. The molecular formula is C18H18N2O2S. The summed E-state index contributed by atoms with van der Waals surface area (Å²) in [5, 5.41) is 5.75. The Balaban J connectivity index is 1.92. The second-order valence-electron chi connectivity index (χ2n) is 4.89. The van der Waals surface area contributed by atoms with E-state index in [2.05, 4.69) is 10.6 Å². The molecular weight excluding hydrogens is 308 g/mol. The fourth-order valence-electron chi connectivity index (χ4n) is 1.90. The maximum absolute atomic E-state index is 11.9. The van der Waals surface area contributed by atoms with Crippen LogP contribution in [0.25, 0.3) is 6.08 Å². The lowest BCUT2D eigenvalue weighted by molar-refractivity contribution is -0.115. The molecule has 0 saturated heterocycles. The van der Waals surface area contributed by atoms with Crippen LogP contribution in [-0.4, -0.2) is 18.1 Å². The van der Waals surface area contributed by atoms with Crippen LogP contribution in [0.1, 0.15) is 11.1 Å². The molecule has 0 heterocycles. The lowest BCUT2D eigenvalue weighted by Gasteiger charge is -2.11. The molecule has 4 nitrogen and oxygen atoms in total. The average Bonchev–Trinajstić information content (AvgIpc) is 2.54. The summed E-state index contributed by atoms with van der Waals surface area (Å²) in [6.45, 7) is 2.02. The van der Waals surface area contributed by atoms with Gasteiger partial charge in [-0.25, -0.2) is 0 Å². The van der Waals surface area contributed by atoms with Crippen LogP contribution < -0.4 is 15.4 Å². The summed E-state index contributed by atoms with van der Waals surface area (Å²) in [5.74, 6) is 0.359. The summed E-state index contributed by atoms with van der Waals surface area (Å²) in [6.07, 6.45) is 3.18. The molecule has 1 amide bonds. The smallest absolute Gasteiger partial charge is 0.250 e. The first-order valence-corrected chi connectivity index (χ1v) is 7.49. The molecule has 2 aromatic rings. The van der Waals surface area contributed by atoms with Gasteiger partial charge in [0.25, 0.3) is 0 Å². The van der Waals surface area contributed by atoms with Gasteiger partial charge in [0.05, 0.1) is 12.8 Å². The standard InChI is InChI=1S/C18H18N2O2S/c1-13-7-9-14(10-8-13)11-12-17(21)20-18(23)19-15-5-3-4-6-16(15)22-2/h3-12H,1-2H3,(H2,19,20,21,23)/b12-11+. The van der Waals surface area contributed by atoms with Gasteiger partial charge in [-0.3, -0.25) is 10.1 Å². The maximum atomic E-state index is 11.9. The molecule has 0 fully saturated rings. The van der Waals surface area contributed by atoms with E-state index in [0.717, 1.165) is 5.56 Å². The lowest BCUT2D eigenvalue weighted by Crippen LogP contribution is -2.32. The summed E-state index contributed by atoms with van der Waals surface area (Å²) in [6, 6.07) is 15.2. The molecule has 0 spiro atoms. The van der Waals surface area contributed by atoms with E-state index in [0.29, 0.717) is 11.4 Å². The number of hydrogen-bond donors (Lipinski definition) is 2. The van der Waals surface area contributed by atoms with Gasteiger partial charge in [-0.05, 0) is 42.9 Å². The molecule has 118 valence electrons. The SMILES string of the molecule is COc1ccccc1NC(=S)NC(=O)/C=C/c1ccc(C)cc1. The molecule has 0 radical (unpaired) electrons. The van der Waals surface area contributed by atoms with Gasteiger partial charge in [0.1, 0.15) is 5.75 Å². The summed E-state index contributed by atoms with van der Waals surface area (Å²) >= 11 is 5.14. The molecule has 0 bridgehead atoms. The predicted molar refractivity (Wildman–Crippen MR) is 97.6 cm³/mol. The summed E-state index contributed by atoms with van der Waals surface area (Å²) in [4.78, 5) is 11.9. The first-order chi connectivity index (χ1) is 11.1. The van der Waals surface area contributed by atoms with Crippen LogP contribution in [0.3, 0.4) is 0 Å². The minimum Gasteiger partial charge on any atom is -0.495 e. The van der Waals surface area contributed by atoms with Crippen molar-refractivity contribution < 1.29 is 9.53 Å². The quantitative estimate of drug-likeness (QED) is 0.667. The molecule has 2 rings (SSSR count). The van der Waals surface area contributed by atoms with Gasteiger partial charge >= 0.3 is 0 Å². The van der Waals surface area contributed by atoms with Crippen LogP contribution in [0.4, 0.5) is 5.69 Å². The molecule has 2 aromatic carbocycles. The number of methoxy groups -OCH3 is 1. The summed E-state index contributed by atoms with van der Waals surface area (Å²) in [5.41, 5.74) is 2.82. The molecule has 23 heavy (non-hydrogen) atoms. The van der Waals surface area contributed by atoms with Crippen molar-refractivity contribution >= 4 is 35.0 Å². The number of nitrogens with one attached hydrogen (secondary N) is 2. The molecule has 0 aliphatic rings. The highest BCUT2D eigenvalue weighted by atomic mass is 32.1. The Bertz CT molecular complexity index is 724. The van der Waals surface area contributed by atoms with Gasteiger partial charge in [0, 0.05) is 6.08 Å². The number of amides is 1. The third-order valence-electron chi connectivity index (χ3n) is 3.10. The Labute approximate surface area is 141 Å². The number of aryl methyl sites for hydroxylation is 1. The number of rotatable bonds is 4. The Kier molecular flexibility index (Phi) is 5.88. The molecule has 0 atom stereocenters. The summed E-state index contributed by atoms with van der Waals surface area (Å²) < 4.78 is 5.22. The highest BCUT2D eigenvalue weighted by molar-refractivity contribution is 7.80. The number of ether oxygens (including phenoxy) is 1. The second-order valence-corrected chi connectivity index (χ2v) is 5.30. The number of thiocarbonyl (C=S) groups is 1. The zero-order valence-electron chi connectivity index (χ0n) is 13.0.